The third kappa shape index (κ3) is 3.02. The Labute approximate surface area is 169 Å². The summed E-state index contributed by atoms with van der Waals surface area (Å²) in [5.41, 5.74) is 8.17. The van der Waals surface area contributed by atoms with Crippen molar-refractivity contribution in [3.63, 3.8) is 0 Å². The molecule has 4 N–H and O–H groups in total. The average Bonchev–Trinajstić information content (AvgIpc) is 3.12. The maximum Gasteiger partial charge on any atom is 0.314 e. The van der Waals surface area contributed by atoms with E-state index in [4.69, 9.17) is 10.5 Å². The fourth-order valence-corrected chi connectivity index (χ4v) is 5.04. The second kappa shape index (κ2) is 7.26. The molecule has 1 atom stereocenters. The number of likely N-dealkylation sites (tertiary alicyclic amines) is 1. The van der Waals surface area contributed by atoms with E-state index in [2.05, 4.69) is 4.98 Å². The number of carbonyl (C=O) groups excluding carboxylic acids is 2. The lowest BCUT2D eigenvalue weighted by atomic mass is 9.68. The number of piperidine rings is 1. The predicted octanol–water partition coefficient (Wildman–Crippen LogP) is 1.87. The average molecular weight is 400 g/mol. The highest BCUT2D eigenvalue weighted by Gasteiger charge is 2.48. The number of fused-ring (bicyclic) bond motifs is 4. The van der Waals surface area contributed by atoms with Gasteiger partial charge in [-0.3, -0.25) is 4.79 Å². The summed E-state index contributed by atoms with van der Waals surface area (Å²) in [4.78, 5) is 31.3. The van der Waals surface area contributed by atoms with Gasteiger partial charge < -0.3 is 30.4 Å². The maximum atomic E-state index is 12.8. The number of urea groups is 1. The van der Waals surface area contributed by atoms with Gasteiger partial charge in [0.05, 0.1) is 19.8 Å². The number of nitrogens with one attached hydrogen (secondary N) is 1. The number of amides is 3. The van der Waals surface area contributed by atoms with Gasteiger partial charge in [0.2, 0.25) is 5.91 Å². The van der Waals surface area contributed by atoms with Crippen molar-refractivity contribution in [1.29, 1.82) is 0 Å². The number of primary amides is 1. The van der Waals surface area contributed by atoms with E-state index < -0.39 is 12.1 Å². The summed E-state index contributed by atoms with van der Waals surface area (Å²) in [5.74, 6) is 0.762. The van der Waals surface area contributed by atoms with Crippen LogP contribution in [0.1, 0.15) is 43.5 Å². The van der Waals surface area contributed by atoms with Gasteiger partial charge in [0.15, 0.2) is 0 Å². The van der Waals surface area contributed by atoms with Crippen molar-refractivity contribution in [1.82, 2.24) is 14.8 Å². The number of methoxy groups -OCH3 is 1. The van der Waals surface area contributed by atoms with E-state index in [9.17, 15) is 14.7 Å². The van der Waals surface area contributed by atoms with Crippen LogP contribution in [-0.4, -0.2) is 65.2 Å². The summed E-state index contributed by atoms with van der Waals surface area (Å²) in [6.45, 7) is 3.32. The van der Waals surface area contributed by atoms with Gasteiger partial charge in [-0.25, -0.2) is 4.79 Å². The first kappa shape index (κ1) is 19.6. The highest BCUT2D eigenvalue weighted by atomic mass is 16.5. The molecule has 2 aliphatic heterocycles. The van der Waals surface area contributed by atoms with Gasteiger partial charge >= 0.3 is 6.03 Å². The Morgan fingerprint density at radius 1 is 1.34 bits per heavy atom. The number of aromatic amines is 1. The topological polar surface area (TPSA) is 112 Å². The van der Waals surface area contributed by atoms with Gasteiger partial charge in [-0.15, -0.1) is 0 Å². The van der Waals surface area contributed by atoms with Crippen LogP contribution in [0, 0.1) is 0 Å². The van der Waals surface area contributed by atoms with Gasteiger partial charge in [-0.1, -0.05) is 6.92 Å². The summed E-state index contributed by atoms with van der Waals surface area (Å²) in [6.07, 6.45) is 1.81. The molecule has 2 aromatic rings. The summed E-state index contributed by atoms with van der Waals surface area (Å²) in [6, 6.07) is 5.10. The summed E-state index contributed by atoms with van der Waals surface area (Å²) < 4.78 is 5.37. The van der Waals surface area contributed by atoms with E-state index in [1.54, 1.807) is 16.9 Å². The van der Waals surface area contributed by atoms with E-state index in [0.717, 1.165) is 27.9 Å². The molecular weight excluding hydrogens is 372 g/mol. The minimum Gasteiger partial charge on any atom is -0.497 e. The number of aromatic nitrogens is 1. The van der Waals surface area contributed by atoms with Crippen molar-refractivity contribution in [2.24, 2.45) is 5.73 Å². The molecule has 1 saturated heterocycles. The standard InChI is InChI=1S/C21H28N4O4/c1-3-17(27)25-12-21(6-8-24(9-7-21)20(22)28)18-14-5-4-13(29-2)10-15(14)23-19(18)16(25)11-26/h4-5,10,16,23,26H,3,6-9,11-12H2,1-2H3,(H2,22,28). The Hall–Kier alpha value is -2.74. The molecule has 156 valence electrons. The Kier molecular flexibility index (Phi) is 4.90. The number of ether oxygens (including phenoxy) is 1. The largest absolute Gasteiger partial charge is 0.497 e. The van der Waals surface area contributed by atoms with E-state index in [1.807, 2.05) is 25.1 Å². The quantitative estimate of drug-likeness (QED) is 0.730. The third-order valence-electron chi connectivity index (χ3n) is 6.58. The first-order chi connectivity index (χ1) is 13.9. The van der Waals surface area contributed by atoms with Crippen molar-refractivity contribution >= 4 is 22.8 Å². The molecule has 1 aromatic carbocycles. The minimum atomic E-state index is -0.408. The van der Waals surface area contributed by atoms with Crippen LogP contribution in [0.4, 0.5) is 4.79 Å². The molecule has 1 fully saturated rings. The smallest absolute Gasteiger partial charge is 0.314 e. The van der Waals surface area contributed by atoms with Crippen LogP contribution in [0.5, 0.6) is 5.75 Å². The zero-order valence-corrected chi connectivity index (χ0v) is 16.9. The van der Waals surface area contributed by atoms with Crippen molar-refractivity contribution in [3.8, 4) is 5.75 Å². The zero-order valence-electron chi connectivity index (χ0n) is 16.9. The highest BCUT2D eigenvalue weighted by Crippen LogP contribution is 2.49. The lowest BCUT2D eigenvalue weighted by Crippen LogP contribution is -2.56. The fourth-order valence-electron chi connectivity index (χ4n) is 5.04. The minimum absolute atomic E-state index is 0.0163. The molecule has 0 radical (unpaired) electrons. The molecule has 29 heavy (non-hydrogen) atoms. The number of nitrogens with two attached hydrogens (primary N) is 1. The maximum absolute atomic E-state index is 12.8. The monoisotopic (exact) mass is 400 g/mol. The molecule has 0 aliphatic carbocycles. The molecule has 8 heteroatoms. The van der Waals surface area contributed by atoms with Gasteiger partial charge in [-0.2, -0.15) is 0 Å². The number of aliphatic hydroxyl groups is 1. The molecule has 1 aromatic heterocycles. The molecule has 0 bridgehead atoms. The molecule has 3 amide bonds. The molecule has 0 saturated carbocycles. The molecule has 2 aliphatic rings. The summed E-state index contributed by atoms with van der Waals surface area (Å²) in [5, 5.41) is 11.3. The lowest BCUT2D eigenvalue weighted by Gasteiger charge is -2.50. The number of carbonyl (C=O) groups is 2. The first-order valence-corrected chi connectivity index (χ1v) is 10.1. The Bertz CT molecular complexity index is 946. The number of rotatable bonds is 3. The highest BCUT2D eigenvalue weighted by molar-refractivity contribution is 5.89. The van der Waals surface area contributed by atoms with Crippen molar-refractivity contribution < 1.29 is 19.4 Å². The molecule has 3 heterocycles. The molecule has 4 rings (SSSR count). The van der Waals surface area contributed by atoms with Gasteiger partial charge in [0.1, 0.15) is 5.75 Å². The van der Waals surface area contributed by atoms with E-state index in [0.29, 0.717) is 38.9 Å². The normalized spacial score (nSPS) is 20.7. The Balaban J connectivity index is 1.88. The molecule has 1 spiro atoms. The summed E-state index contributed by atoms with van der Waals surface area (Å²) >= 11 is 0. The van der Waals surface area contributed by atoms with E-state index >= 15 is 0 Å². The van der Waals surface area contributed by atoms with Crippen LogP contribution in [-0.2, 0) is 10.2 Å². The second-order valence-corrected chi connectivity index (χ2v) is 8.00. The van der Waals surface area contributed by atoms with Crippen LogP contribution in [0.2, 0.25) is 0 Å². The van der Waals surface area contributed by atoms with Crippen LogP contribution in [0.15, 0.2) is 18.2 Å². The van der Waals surface area contributed by atoms with Gasteiger partial charge in [0.25, 0.3) is 0 Å². The molecule has 8 nitrogen and oxygen atoms in total. The van der Waals surface area contributed by atoms with E-state index in [-0.39, 0.29) is 17.9 Å². The lowest BCUT2D eigenvalue weighted by molar-refractivity contribution is -0.137. The molecule has 1 unspecified atom stereocenters. The van der Waals surface area contributed by atoms with Crippen molar-refractivity contribution in [3.05, 3.63) is 29.5 Å². The Morgan fingerprint density at radius 2 is 2.07 bits per heavy atom. The van der Waals surface area contributed by atoms with Crippen molar-refractivity contribution in [2.45, 2.75) is 37.6 Å². The number of aliphatic hydroxyl groups excluding tert-OH is 1. The fraction of sp³-hybridized carbons (Fsp3) is 0.524. The second-order valence-electron chi connectivity index (χ2n) is 8.00. The number of hydrogen-bond acceptors (Lipinski definition) is 4. The number of benzene rings is 1. The number of hydrogen-bond donors (Lipinski definition) is 3. The zero-order chi connectivity index (χ0) is 20.8. The SMILES string of the molecule is CCC(=O)N1CC2(CCN(C(N)=O)CC2)c2c([nH]c3cc(OC)ccc23)C1CO. The van der Waals surface area contributed by atoms with Gasteiger partial charge in [-0.05, 0) is 30.5 Å². The summed E-state index contributed by atoms with van der Waals surface area (Å²) in [7, 11) is 1.63. The Morgan fingerprint density at radius 3 is 2.66 bits per heavy atom. The van der Waals surface area contributed by atoms with Crippen LogP contribution in [0.3, 0.4) is 0 Å². The van der Waals surface area contributed by atoms with Crippen LogP contribution >= 0.6 is 0 Å². The van der Waals surface area contributed by atoms with E-state index in [1.165, 1.54) is 0 Å². The van der Waals surface area contributed by atoms with Crippen molar-refractivity contribution in [2.75, 3.05) is 33.4 Å². The number of H-pyrrole nitrogens is 1. The number of nitrogens with zero attached hydrogens (tertiary/aromatic N) is 2. The van der Waals surface area contributed by atoms with Gasteiger partial charge in [0, 0.05) is 54.1 Å². The first-order valence-electron chi connectivity index (χ1n) is 10.1. The van der Waals surface area contributed by atoms with Crippen LogP contribution < -0.4 is 10.5 Å². The predicted molar refractivity (Wildman–Crippen MR) is 109 cm³/mol. The third-order valence-corrected chi connectivity index (χ3v) is 6.58. The molecular formula is C21H28N4O4. The van der Waals surface area contributed by atoms with Crippen LogP contribution in [0.25, 0.3) is 10.9 Å².